The van der Waals surface area contributed by atoms with Gasteiger partial charge in [0.05, 0.1) is 19.6 Å². The molecule has 1 aromatic carbocycles. The Balaban J connectivity index is 1.65. The minimum atomic E-state index is -0.642. The van der Waals surface area contributed by atoms with Crippen LogP contribution in [0.5, 0.6) is 0 Å². The maximum Gasteiger partial charge on any atom is 0.242 e. The standard InChI is InChI=1S/C25H36N10O3/c26-21(36)16-34(12-3-8-32-25(27)28)24(38)17-35(23(37)15-29-9-6-22-30-10-11-31-22)13-7-18-14-33-20-5-2-1-4-19(18)20/h1-2,4-5,10-11,14,29,33H,3,6-9,12-13,15-17H2,(H2,26,36)(H,30,31)(H4,27,28,32). The van der Waals surface area contributed by atoms with Gasteiger partial charge >= 0.3 is 0 Å². The molecule has 13 heteroatoms. The van der Waals surface area contributed by atoms with E-state index in [0.29, 0.717) is 38.9 Å². The van der Waals surface area contributed by atoms with Crippen LogP contribution in [0.4, 0.5) is 0 Å². The minimum absolute atomic E-state index is 0.0497. The molecule has 0 aliphatic heterocycles. The van der Waals surface area contributed by atoms with Gasteiger partial charge in [-0.2, -0.15) is 0 Å². The average Bonchev–Trinajstić information content (AvgIpc) is 3.55. The first-order valence-corrected chi connectivity index (χ1v) is 12.5. The molecule has 0 bridgehead atoms. The number of primary amides is 1. The highest BCUT2D eigenvalue weighted by atomic mass is 16.2. The predicted molar refractivity (Wildman–Crippen MR) is 145 cm³/mol. The molecule has 204 valence electrons. The highest BCUT2D eigenvalue weighted by molar-refractivity contribution is 5.88. The van der Waals surface area contributed by atoms with Crippen LogP contribution in [0.1, 0.15) is 17.8 Å². The summed E-state index contributed by atoms with van der Waals surface area (Å²) >= 11 is 0. The number of nitrogens with one attached hydrogen (secondary N) is 3. The Morgan fingerprint density at radius 3 is 2.50 bits per heavy atom. The third-order valence-electron chi connectivity index (χ3n) is 5.95. The quantitative estimate of drug-likeness (QED) is 0.0788. The summed E-state index contributed by atoms with van der Waals surface area (Å²) in [6.07, 6.45) is 6.96. The Hall–Kier alpha value is -4.39. The number of para-hydroxylation sites is 1. The molecule has 13 nitrogen and oxygen atoms in total. The van der Waals surface area contributed by atoms with Crippen LogP contribution in [0.3, 0.4) is 0 Å². The molecule has 0 radical (unpaired) electrons. The van der Waals surface area contributed by atoms with Crippen molar-refractivity contribution < 1.29 is 14.4 Å². The normalized spacial score (nSPS) is 10.8. The molecule has 0 aliphatic rings. The van der Waals surface area contributed by atoms with Crippen molar-refractivity contribution in [2.45, 2.75) is 19.3 Å². The van der Waals surface area contributed by atoms with E-state index in [-0.39, 0.29) is 44.0 Å². The molecule has 0 saturated carbocycles. The maximum atomic E-state index is 13.2. The Morgan fingerprint density at radius 1 is 0.974 bits per heavy atom. The molecule has 0 aliphatic carbocycles. The number of aliphatic imine (C=N–C) groups is 1. The van der Waals surface area contributed by atoms with Crippen molar-refractivity contribution in [2.24, 2.45) is 22.2 Å². The van der Waals surface area contributed by atoms with E-state index in [9.17, 15) is 14.4 Å². The summed E-state index contributed by atoms with van der Waals surface area (Å²) < 4.78 is 0. The van der Waals surface area contributed by atoms with Gasteiger partial charge < -0.3 is 42.3 Å². The van der Waals surface area contributed by atoms with Crippen LogP contribution in [0.2, 0.25) is 0 Å². The summed E-state index contributed by atoms with van der Waals surface area (Å²) in [7, 11) is 0. The summed E-state index contributed by atoms with van der Waals surface area (Å²) in [5.41, 5.74) is 18.1. The van der Waals surface area contributed by atoms with Gasteiger partial charge in [-0.05, 0) is 24.5 Å². The summed E-state index contributed by atoms with van der Waals surface area (Å²) in [6, 6.07) is 7.91. The topological polar surface area (TPSA) is 205 Å². The molecule has 2 aromatic heterocycles. The van der Waals surface area contributed by atoms with Crippen molar-refractivity contribution in [3.05, 3.63) is 54.2 Å². The average molecular weight is 525 g/mol. The minimum Gasteiger partial charge on any atom is -0.370 e. The largest absolute Gasteiger partial charge is 0.370 e. The lowest BCUT2D eigenvalue weighted by atomic mass is 10.1. The summed E-state index contributed by atoms with van der Waals surface area (Å²) in [6.45, 7) is 1.01. The summed E-state index contributed by atoms with van der Waals surface area (Å²) in [5, 5.41) is 4.19. The van der Waals surface area contributed by atoms with Crippen molar-refractivity contribution in [1.29, 1.82) is 0 Å². The highest BCUT2D eigenvalue weighted by Crippen LogP contribution is 2.18. The van der Waals surface area contributed by atoms with Crippen LogP contribution < -0.4 is 22.5 Å². The highest BCUT2D eigenvalue weighted by Gasteiger charge is 2.22. The summed E-state index contributed by atoms with van der Waals surface area (Å²) in [5.74, 6) is -0.476. The number of carbonyl (C=O) groups excluding carboxylic acids is 3. The number of amides is 3. The molecule has 3 amide bonds. The Bertz CT molecular complexity index is 1220. The Labute approximate surface area is 220 Å². The van der Waals surface area contributed by atoms with Crippen molar-refractivity contribution in [2.75, 3.05) is 45.8 Å². The van der Waals surface area contributed by atoms with Crippen LogP contribution in [-0.2, 0) is 27.2 Å². The van der Waals surface area contributed by atoms with Crippen LogP contribution >= 0.6 is 0 Å². The van der Waals surface area contributed by atoms with Crippen LogP contribution in [-0.4, -0.2) is 94.2 Å². The number of carbonyl (C=O) groups is 3. The van der Waals surface area contributed by atoms with Crippen molar-refractivity contribution in [3.63, 3.8) is 0 Å². The molecule has 3 aromatic rings. The fourth-order valence-corrected chi connectivity index (χ4v) is 4.05. The summed E-state index contributed by atoms with van der Waals surface area (Å²) in [4.78, 5) is 55.1. The van der Waals surface area contributed by atoms with Crippen molar-refractivity contribution >= 4 is 34.6 Å². The molecule has 0 saturated heterocycles. The van der Waals surface area contributed by atoms with E-state index in [0.717, 1.165) is 22.3 Å². The van der Waals surface area contributed by atoms with Crippen LogP contribution in [0, 0.1) is 0 Å². The third kappa shape index (κ3) is 8.92. The number of nitrogens with zero attached hydrogens (tertiary/aromatic N) is 4. The molecule has 9 N–H and O–H groups in total. The molecule has 0 spiro atoms. The zero-order valence-electron chi connectivity index (χ0n) is 21.4. The van der Waals surface area contributed by atoms with Crippen molar-refractivity contribution in [3.8, 4) is 0 Å². The molecule has 0 atom stereocenters. The first-order valence-electron chi connectivity index (χ1n) is 12.5. The van der Waals surface area contributed by atoms with Gasteiger partial charge in [0, 0.05) is 62.1 Å². The maximum absolute atomic E-state index is 13.2. The lowest BCUT2D eigenvalue weighted by molar-refractivity contribution is -0.141. The van der Waals surface area contributed by atoms with Gasteiger partial charge in [0.25, 0.3) is 0 Å². The molecule has 2 heterocycles. The van der Waals surface area contributed by atoms with Gasteiger partial charge in [0.15, 0.2) is 5.96 Å². The van der Waals surface area contributed by atoms with Gasteiger partial charge in [0.1, 0.15) is 5.82 Å². The van der Waals surface area contributed by atoms with E-state index in [1.165, 1.54) is 9.80 Å². The van der Waals surface area contributed by atoms with Gasteiger partial charge in [-0.3, -0.25) is 19.4 Å². The number of H-pyrrole nitrogens is 2. The molecule has 38 heavy (non-hydrogen) atoms. The molecule has 3 rings (SSSR count). The molecule has 0 unspecified atom stereocenters. The SMILES string of the molecule is NC(=O)CN(CCCN=C(N)N)C(=O)CN(CCc1c[nH]c2ccccc12)C(=O)CNCCc1ncc[nH]1. The van der Waals surface area contributed by atoms with E-state index in [1.807, 2.05) is 30.5 Å². The van der Waals surface area contributed by atoms with Crippen LogP contribution in [0.15, 0.2) is 47.8 Å². The van der Waals surface area contributed by atoms with Gasteiger partial charge in [-0.25, -0.2) is 4.98 Å². The van der Waals surface area contributed by atoms with Crippen LogP contribution in [0.25, 0.3) is 10.9 Å². The molecule has 0 fully saturated rings. The van der Waals surface area contributed by atoms with E-state index in [4.69, 9.17) is 17.2 Å². The lowest BCUT2D eigenvalue weighted by Gasteiger charge is -2.27. The van der Waals surface area contributed by atoms with Gasteiger partial charge in [-0.15, -0.1) is 0 Å². The number of fused-ring (bicyclic) bond motifs is 1. The lowest BCUT2D eigenvalue weighted by Crippen LogP contribution is -2.48. The van der Waals surface area contributed by atoms with Gasteiger partial charge in [-0.1, -0.05) is 18.2 Å². The number of hydrogen-bond acceptors (Lipinski definition) is 6. The number of aromatic nitrogens is 3. The van der Waals surface area contributed by atoms with E-state index in [2.05, 4.69) is 25.3 Å². The Morgan fingerprint density at radius 2 is 1.76 bits per heavy atom. The van der Waals surface area contributed by atoms with Gasteiger partial charge in [0.2, 0.25) is 17.7 Å². The monoisotopic (exact) mass is 524 g/mol. The zero-order chi connectivity index (χ0) is 27.3. The van der Waals surface area contributed by atoms with Crippen molar-refractivity contribution in [1.82, 2.24) is 30.1 Å². The molecular formula is C25H36N10O3. The number of imidazole rings is 1. The first-order chi connectivity index (χ1) is 18.3. The first kappa shape index (κ1) is 28.2. The predicted octanol–water partition coefficient (Wildman–Crippen LogP) is -0.928. The number of nitrogens with two attached hydrogens (primary N) is 3. The number of hydrogen-bond donors (Lipinski definition) is 6. The second-order valence-electron chi connectivity index (χ2n) is 8.83. The van der Waals surface area contributed by atoms with E-state index >= 15 is 0 Å². The number of aromatic amines is 2. The smallest absolute Gasteiger partial charge is 0.242 e. The van der Waals surface area contributed by atoms with E-state index in [1.54, 1.807) is 12.4 Å². The number of benzene rings is 1. The Kier molecular flexibility index (Phi) is 10.7. The fraction of sp³-hybridized carbons (Fsp3) is 0.400. The second kappa shape index (κ2) is 14.4. The van der Waals surface area contributed by atoms with E-state index < -0.39 is 5.91 Å². The second-order valence-corrected chi connectivity index (χ2v) is 8.83. The number of guanidine groups is 1. The zero-order valence-corrected chi connectivity index (χ0v) is 21.4. The number of rotatable bonds is 16. The fourth-order valence-electron chi connectivity index (χ4n) is 4.05. The third-order valence-corrected chi connectivity index (χ3v) is 5.95. The molecular weight excluding hydrogens is 488 g/mol.